The quantitative estimate of drug-likeness (QED) is 0.423. The molecule has 0 spiro atoms. The fourth-order valence-corrected chi connectivity index (χ4v) is 5.23. The molecule has 3 atom stereocenters. The van der Waals surface area contributed by atoms with Crippen LogP contribution < -0.4 is 0 Å². The first kappa shape index (κ1) is 22.3. The van der Waals surface area contributed by atoms with Crippen molar-refractivity contribution < 1.29 is 9.47 Å². The third-order valence-corrected chi connectivity index (χ3v) is 6.99. The van der Waals surface area contributed by atoms with Gasteiger partial charge in [0.25, 0.3) is 0 Å². The lowest BCUT2D eigenvalue weighted by Gasteiger charge is -2.37. The van der Waals surface area contributed by atoms with Crippen molar-refractivity contribution in [3.05, 3.63) is 12.2 Å². The Morgan fingerprint density at radius 2 is 1.36 bits per heavy atom. The maximum absolute atomic E-state index is 6.42. The van der Waals surface area contributed by atoms with Crippen molar-refractivity contribution in [2.24, 2.45) is 5.92 Å². The molecule has 1 saturated heterocycles. The second kappa shape index (κ2) is 13.8. The highest BCUT2D eigenvalue weighted by molar-refractivity contribution is 4.82. The maximum atomic E-state index is 6.42. The van der Waals surface area contributed by atoms with E-state index < -0.39 is 0 Å². The number of ether oxygens (including phenoxy) is 2. The zero-order valence-electron chi connectivity index (χ0n) is 18.3. The van der Waals surface area contributed by atoms with E-state index in [0.29, 0.717) is 12.3 Å². The highest BCUT2D eigenvalue weighted by Gasteiger charge is 2.26. The van der Waals surface area contributed by atoms with Crippen molar-refractivity contribution in [3.63, 3.8) is 0 Å². The number of hydrogen-bond acceptors (Lipinski definition) is 3. The summed E-state index contributed by atoms with van der Waals surface area (Å²) in [4.78, 5) is 2.47. The van der Waals surface area contributed by atoms with E-state index in [4.69, 9.17) is 9.47 Å². The van der Waals surface area contributed by atoms with E-state index in [1.165, 1.54) is 103 Å². The van der Waals surface area contributed by atoms with E-state index in [-0.39, 0.29) is 0 Å². The summed E-state index contributed by atoms with van der Waals surface area (Å²) >= 11 is 0. The van der Waals surface area contributed by atoms with Gasteiger partial charge in [-0.25, -0.2) is 0 Å². The highest BCUT2D eigenvalue weighted by Crippen LogP contribution is 2.30. The van der Waals surface area contributed by atoms with E-state index in [2.05, 4.69) is 17.1 Å². The third kappa shape index (κ3) is 8.55. The van der Waals surface area contributed by atoms with E-state index in [0.717, 1.165) is 32.2 Å². The smallest absolute Gasteiger partial charge is 0.112 e. The molecule has 0 aromatic rings. The van der Waals surface area contributed by atoms with Crippen molar-refractivity contribution >= 4 is 0 Å². The fourth-order valence-electron chi connectivity index (χ4n) is 5.23. The van der Waals surface area contributed by atoms with E-state index in [1.807, 2.05) is 0 Å². The van der Waals surface area contributed by atoms with Crippen molar-refractivity contribution in [2.45, 2.75) is 121 Å². The zero-order valence-corrected chi connectivity index (χ0v) is 18.3. The minimum absolute atomic E-state index is 0.299. The Kier molecular flexibility index (Phi) is 11.0. The van der Waals surface area contributed by atoms with Gasteiger partial charge in [0.15, 0.2) is 0 Å². The van der Waals surface area contributed by atoms with Crippen LogP contribution in [0.1, 0.15) is 109 Å². The minimum atomic E-state index is 0.299. The van der Waals surface area contributed by atoms with Gasteiger partial charge in [0.1, 0.15) is 13.0 Å². The summed E-state index contributed by atoms with van der Waals surface area (Å²) in [5, 5.41) is 0. The molecule has 28 heavy (non-hydrogen) atoms. The first-order valence-electron chi connectivity index (χ1n) is 12.5. The molecule has 0 radical (unpaired) electrons. The summed E-state index contributed by atoms with van der Waals surface area (Å²) in [6.45, 7) is 2.86. The molecule has 2 fully saturated rings. The molecule has 162 valence electrons. The number of fused-ring (bicyclic) bond motifs is 3. The third-order valence-electron chi connectivity index (χ3n) is 6.99. The Balaban J connectivity index is 1.47. The van der Waals surface area contributed by atoms with Gasteiger partial charge >= 0.3 is 0 Å². The largest absolute Gasteiger partial charge is 0.363 e. The molecule has 2 bridgehead atoms. The predicted molar refractivity (Wildman–Crippen MR) is 117 cm³/mol. The molecule has 1 saturated carbocycles. The van der Waals surface area contributed by atoms with Crippen molar-refractivity contribution in [2.75, 3.05) is 19.9 Å². The van der Waals surface area contributed by atoms with Crippen molar-refractivity contribution in [1.82, 2.24) is 4.90 Å². The number of allylic oxidation sites excluding steroid dienone is 2. The van der Waals surface area contributed by atoms with Crippen LogP contribution in [0.5, 0.6) is 0 Å². The van der Waals surface area contributed by atoms with Crippen LogP contribution in [0, 0.1) is 5.92 Å². The van der Waals surface area contributed by atoms with Crippen LogP contribution >= 0.6 is 0 Å². The molecule has 2 aliphatic heterocycles. The molecule has 3 heteroatoms. The lowest BCUT2D eigenvalue weighted by atomic mass is 9.84. The molecule has 0 amide bonds. The number of hydrogen-bond donors (Lipinski definition) is 0. The predicted octanol–water partition coefficient (Wildman–Crippen LogP) is 6.82. The molecular weight excluding hydrogens is 346 g/mol. The van der Waals surface area contributed by atoms with Crippen LogP contribution in [-0.4, -0.2) is 37.1 Å². The summed E-state index contributed by atoms with van der Waals surface area (Å²) in [7, 11) is 0. The van der Waals surface area contributed by atoms with Gasteiger partial charge in [-0.2, -0.15) is 0 Å². The molecule has 3 nitrogen and oxygen atoms in total. The molecule has 3 aliphatic rings. The van der Waals surface area contributed by atoms with Gasteiger partial charge in [0.05, 0.1) is 6.10 Å². The van der Waals surface area contributed by atoms with Crippen LogP contribution in [0.3, 0.4) is 0 Å². The second-order valence-electron chi connectivity index (χ2n) is 9.40. The maximum Gasteiger partial charge on any atom is 0.112 e. The van der Waals surface area contributed by atoms with Gasteiger partial charge in [-0.3, -0.25) is 4.90 Å². The van der Waals surface area contributed by atoms with Gasteiger partial charge in [0.2, 0.25) is 0 Å². The van der Waals surface area contributed by atoms with E-state index >= 15 is 0 Å². The van der Waals surface area contributed by atoms with Crippen LogP contribution in [0.15, 0.2) is 12.2 Å². The molecule has 0 N–H and O–H groups in total. The fraction of sp³-hybridized carbons (Fsp3) is 0.920. The Morgan fingerprint density at radius 1 is 0.643 bits per heavy atom. The topological polar surface area (TPSA) is 21.7 Å². The molecule has 0 aromatic carbocycles. The van der Waals surface area contributed by atoms with Crippen LogP contribution in [0.2, 0.25) is 0 Å². The molecular formula is C25H45NO2. The van der Waals surface area contributed by atoms with Gasteiger partial charge in [-0.05, 0) is 63.7 Å². The molecule has 1 aliphatic carbocycles. The van der Waals surface area contributed by atoms with Crippen LogP contribution in [0.25, 0.3) is 0 Å². The first-order chi connectivity index (χ1) is 13.9. The van der Waals surface area contributed by atoms with Crippen molar-refractivity contribution in [1.29, 1.82) is 0 Å². The van der Waals surface area contributed by atoms with Gasteiger partial charge < -0.3 is 9.47 Å². The Morgan fingerprint density at radius 3 is 2.25 bits per heavy atom. The molecule has 3 rings (SSSR count). The summed E-state index contributed by atoms with van der Waals surface area (Å²) in [5.74, 6) is 0.894. The summed E-state index contributed by atoms with van der Waals surface area (Å²) < 4.78 is 12.5. The molecule has 2 heterocycles. The van der Waals surface area contributed by atoms with Crippen LogP contribution in [0.4, 0.5) is 0 Å². The highest BCUT2D eigenvalue weighted by atomic mass is 16.5. The van der Waals surface area contributed by atoms with E-state index in [9.17, 15) is 0 Å². The average Bonchev–Trinajstić information content (AvgIpc) is 2.73. The van der Waals surface area contributed by atoms with Crippen LogP contribution in [-0.2, 0) is 9.47 Å². The first-order valence-corrected chi connectivity index (χ1v) is 12.5. The van der Waals surface area contributed by atoms with Gasteiger partial charge in [-0.1, -0.05) is 63.5 Å². The van der Waals surface area contributed by atoms with E-state index in [1.54, 1.807) is 0 Å². The Labute approximate surface area is 174 Å². The molecule has 3 unspecified atom stereocenters. The summed E-state index contributed by atoms with van der Waals surface area (Å²) in [5.41, 5.74) is 0. The normalized spacial score (nSPS) is 34.6. The van der Waals surface area contributed by atoms with Gasteiger partial charge in [0, 0.05) is 13.2 Å². The zero-order chi connectivity index (χ0) is 19.3. The van der Waals surface area contributed by atoms with Crippen molar-refractivity contribution in [3.8, 4) is 0 Å². The standard InChI is InChI=1S/C25H45NO2/c1-2-4-6-8-10-12-18-25-26(19-14-20-27-25)22-28-24-17-13-16-23(21-24)15-11-9-7-5-3-1/h3,5,23-25H,1-2,4,6-22H2/b5-3-. The average molecular weight is 392 g/mol. The summed E-state index contributed by atoms with van der Waals surface area (Å²) in [6.07, 6.45) is 28.2. The SMILES string of the molecule is C1=C\CCCCC2CCCC(C2)OCN2CCCOC2CCCCCCCC/1. The number of nitrogens with zero attached hydrogens (tertiary/aromatic N) is 1. The Bertz CT molecular complexity index is 425. The lowest BCUT2D eigenvalue weighted by molar-refractivity contribution is -0.155. The number of rotatable bonds is 0. The Hall–Kier alpha value is -0.380. The molecule has 0 aromatic heterocycles. The lowest BCUT2D eigenvalue weighted by Crippen LogP contribution is -2.45. The monoisotopic (exact) mass is 391 g/mol. The van der Waals surface area contributed by atoms with Gasteiger partial charge in [-0.15, -0.1) is 0 Å². The summed E-state index contributed by atoms with van der Waals surface area (Å²) in [6, 6.07) is 0. The second-order valence-corrected chi connectivity index (χ2v) is 9.40. The minimum Gasteiger partial charge on any atom is -0.363 e.